The van der Waals surface area contributed by atoms with Gasteiger partial charge in [-0.2, -0.15) is 0 Å². The van der Waals surface area contributed by atoms with Crippen molar-refractivity contribution < 1.29 is 0 Å². The largest absolute Gasteiger partial charge is 0.315 e. The van der Waals surface area contributed by atoms with E-state index in [1.165, 1.54) is 5.56 Å². The summed E-state index contributed by atoms with van der Waals surface area (Å²) in [6, 6.07) is 20.0. The number of fused-ring (bicyclic) bond motifs is 1. The van der Waals surface area contributed by atoms with Crippen LogP contribution in [0.4, 0.5) is 0 Å². The van der Waals surface area contributed by atoms with Gasteiger partial charge in [-0.3, -0.25) is 4.79 Å². The fraction of sp³-hybridized carbons (Fsp3) is 0.118. The molecule has 0 radical (unpaired) electrons. The third kappa shape index (κ3) is 2.43. The average molecular weight is 249 g/mol. The minimum absolute atomic E-state index is 0.0917. The number of aromatic nitrogens is 1. The minimum atomic E-state index is 0.0917. The second kappa shape index (κ2) is 5.11. The molecule has 0 aliphatic heterocycles. The van der Waals surface area contributed by atoms with Gasteiger partial charge in [0.25, 0.3) is 5.56 Å². The van der Waals surface area contributed by atoms with Crippen LogP contribution in [0.25, 0.3) is 10.8 Å². The normalized spacial score (nSPS) is 10.7. The zero-order valence-electron chi connectivity index (χ0n) is 10.6. The maximum absolute atomic E-state index is 12.3. The number of aryl methyl sites for hydroxylation is 2. The lowest BCUT2D eigenvalue weighted by Crippen LogP contribution is -2.20. The molecule has 0 N–H and O–H groups in total. The fourth-order valence-corrected chi connectivity index (χ4v) is 2.30. The van der Waals surface area contributed by atoms with Crippen molar-refractivity contribution in [3.8, 4) is 0 Å². The van der Waals surface area contributed by atoms with E-state index in [0.717, 1.165) is 17.2 Å². The van der Waals surface area contributed by atoms with Crippen LogP contribution >= 0.6 is 0 Å². The van der Waals surface area contributed by atoms with Gasteiger partial charge in [-0.15, -0.1) is 0 Å². The van der Waals surface area contributed by atoms with Gasteiger partial charge in [-0.25, -0.2) is 0 Å². The molecule has 2 nitrogen and oxygen atoms in total. The van der Waals surface area contributed by atoms with Crippen LogP contribution in [-0.4, -0.2) is 4.57 Å². The van der Waals surface area contributed by atoms with Gasteiger partial charge in [0.05, 0.1) is 0 Å². The molecule has 19 heavy (non-hydrogen) atoms. The highest BCUT2D eigenvalue weighted by Gasteiger charge is 2.01. The zero-order valence-corrected chi connectivity index (χ0v) is 10.6. The predicted octanol–water partition coefficient (Wildman–Crippen LogP) is 3.24. The van der Waals surface area contributed by atoms with Crippen molar-refractivity contribution in [1.82, 2.24) is 4.57 Å². The SMILES string of the molecule is O=c1c2ccccc2ccn1CCc1ccccc1. The van der Waals surface area contributed by atoms with Gasteiger partial charge < -0.3 is 4.57 Å². The van der Waals surface area contributed by atoms with E-state index in [9.17, 15) is 4.79 Å². The van der Waals surface area contributed by atoms with Crippen LogP contribution in [0.15, 0.2) is 71.7 Å². The summed E-state index contributed by atoms with van der Waals surface area (Å²) < 4.78 is 1.79. The molecule has 0 unspecified atom stereocenters. The van der Waals surface area contributed by atoms with Gasteiger partial charge in [-0.1, -0.05) is 48.5 Å². The lowest BCUT2D eigenvalue weighted by Gasteiger charge is -2.07. The topological polar surface area (TPSA) is 22.0 Å². The lowest BCUT2D eigenvalue weighted by molar-refractivity contribution is 0.675. The zero-order chi connectivity index (χ0) is 13.1. The maximum Gasteiger partial charge on any atom is 0.258 e. The molecule has 3 aromatic rings. The Balaban J connectivity index is 1.90. The number of hydrogen-bond acceptors (Lipinski definition) is 1. The average Bonchev–Trinajstić information content (AvgIpc) is 2.48. The van der Waals surface area contributed by atoms with E-state index < -0.39 is 0 Å². The van der Waals surface area contributed by atoms with Gasteiger partial charge in [-0.05, 0) is 29.5 Å². The number of hydrogen-bond donors (Lipinski definition) is 0. The summed E-state index contributed by atoms with van der Waals surface area (Å²) in [6.07, 6.45) is 2.76. The first-order valence-corrected chi connectivity index (χ1v) is 6.47. The Hall–Kier alpha value is -2.35. The van der Waals surface area contributed by atoms with Crippen molar-refractivity contribution in [1.29, 1.82) is 0 Å². The summed E-state index contributed by atoms with van der Waals surface area (Å²) >= 11 is 0. The molecule has 0 bridgehead atoms. The lowest BCUT2D eigenvalue weighted by atomic mass is 10.1. The first-order valence-electron chi connectivity index (χ1n) is 6.47. The molecular weight excluding hydrogens is 234 g/mol. The van der Waals surface area contributed by atoms with E-state index in [2.05, 4.69) is 12.1 Å². The quantitative estimate of drug-likeness (QED) is 0.698. The minimum Gasteiger partial charge on any atom is -0.315 e. The van der Waals surface area contributed by atoms with Crippen molar-refractivity contribution in [3.63, 3.8) is 0 Å². The standard InChI is InChI=1S/C17H15NO/c19-17-16-9-5-4-8-15(16)11-13-18(17)12-10-14-6-2-1-3-7-14/h1-9,11,13H,10,12H2. The maximum atomic E-state index is 12.3. The van der Waals surface area contributed by atoms with Gasteiger partial charge in [0, 0.05) is 18.1 Å². The predicted molar refractivity (Wildman–Crippen MR) is 78.4 cm³/mol. The molecule has 0 aliphatic rings. The van der Waals surface area contributed by atoms with Crippen molar-refractivity contribution in [2.75, 3.05) is 0 Å². The third-order valence-corrected chi connectivity index (χ3v) is 3.37. The van der Waals surface area contributed by atoms with Crippen LogP contribution < -0.4 is 5.56 Å². The van der Waals surface area contributed by atoms with Gasteiger partial charge in [0.2, 0.25) is 0 Å². The van der Waals surface area contributed by atoms with E-state index in [-0.39, 0.29) is 5.56 Å². The highest BCUT2D eigenvalue weighted by molar-refractivity contribution is 5.81. The van der Waals surface area contributed by atoms with Gasteiger partial charge in [0.1, 0.15) is 0 Å². The summed E-state index contributed by atoms with van der Waals surface area (Å²) in [5, 5.41) is 1.79. The molecule has 0 saturated carbocycles. The molecular formula is C17H15NO. The Bertz CT molecular complexity index is 744. The van der Waals surface area contributed by atoms with Crippen LogP contribution in [0.5, 0.6) is 0 Å². The van der Waals surface area contributed by atoms with Crippen LogP contribution in [-0.2, 0) is 13.0 Å². The highest BCUT2D eigenvalue weighted by atomic mass is 16.1. The Kier molecular flexibility index (Phi) is 3.15. The molecule has 0 amide bonds. The first kappa shape index (κ1) is 11.7. The fourth-order valence-electron chi connectivity index (χ4n) is 2.30. The Morgan fingerprint density at radius 1 is 0.842 bits per heavy atom. The van der Waals surface area contributed by atoms with Crippen LogP contribution in [0.2, 0.25) is 0 Å². The highest BCUT2D eigenvalue weighted by Crippen LogP contribution is 2.08. The summed E-state index contributed by atoms with van der Waals surface area (Å²) in [4.78, 5) is 12.3. The number of benzene rings is 2. The molecule has 0 fully saturated rings. The van der Waals surface area contributed by atoms with Crippen molar-refractivity contribution >= 4 is 10.8 Å². The molecule has 2 heteroatoms. The summed E-state index contributed by atoms with van der Waals surface area (Å²) in [5.41, 5.74) is 1.34. The summed E-state index contributed by atoms with van der Waals surface area (Å²) in [5.74, 6) is 0. The van der Waals surface area contributed by atoms with Crippen LogP contribution in [0, 0.1) is 0 Å². The molecule has 0 atom stereocenters. The number of nitrogens with zero attached hydrogens (tertiary/aromatic N) is 1. The first-order chi connectivity index (χ1) is 9.34. The second-order valence-electron chi connectivity index (χ2n) is 4.64. The molecule has 1 heterocycles. The third-order valence-electron chi connectivity index (χ3n) is 3.37. The monoisotopic (exact) mass is 249 g/mol. The molecule has 2 aromatic carbocycles. The van der Waals surface area contributed by atoms with Gasteiger partial charge in [0.15, 0.2) is 0 Å². The molecule has 3 rings (SSSR count). The van der Waals surface area contributed by atoms with Crippen molar-refractivity contribution in [2.45, 2.75) is 13.0 Å². The molecule has 0 spiro atoms. The smallest absolute Gasteiger partial charge is 0.258 e. The summed E-state index contributed by atoms with van der Waals surface area (Å²) in [6.45, 7) is 0.716. The molecule has 0 saturated heterocycles. The van der Waals surface area contributed by atoms with Crippen molar-refractivity contribution in [2.24, 2.45) is 0 Å². The van der Waals surface area contributed by atoms with Crippen molar-refractivity contribution in [3.05, 3.63) is 82.8 Å². The van der Waals surface area contributed by atoms with Crippen LogP contribution in [0.1, 0.15) is 5.56 Å². The van der Waals surface area contributed by atoms with E-state index in [4.69, 9.17) is 0 Å². The molecule has 94 valence electrons. The Morgan fingerprint density at radius 3 is 2.42 bits per heavy atom. The Labute approximate surface area is 111 Å². The summed E-state index contributed by atoms with van der Waals surface area (Å²) in [7, 11) is 0. The second-order valence-corrected chi connectivity index (χ2v) is 4.64. The van der Waals surface area contributed by atoms with E-state index in [1.54, 1.807) is 4.57 Å². The van der Waals surface area contributed by atoms with E-state index in [1.807, 2.05) is 54.7 Å². The van der Waals surface area contributed by atoms with Crippen LogP contribution in [0.3, 0.4) is 0 Å². The van der Waals surface area contributed by atoms with Gasteiger partial charge >= 0.3 is 0 Å². The van der Waals surface area contributed by atoms with E-state index >= 15 is 0 Å². The number of rotatable bonds is 3. The molecule has 0 aliphatic carbocycles. The van der Waals surface area contributed by atoms with E-state index in [0.29, 0.717) is 6.54 Å². The Morgan fingerprint density at radius 2 is 1.58 bits per heavy atom. The number of pyridine rings is 1. The molecule has 1 aromatic heterocycles.